The molecular weight excluding hydrogens is 201 g/mol. The minimum absolute atomic E-state index is 0. The first kappa shape index (κ1) is 11.6. The van der Waals surface area contributed by atoms with Gasteiger partial charge in [-0.05, 0) is 0 Å². The van der Waals surface area contributed by atoms with Crippen molar-refractivity contribution in [2.75, 3.05) is 6.54 Å². The Morgan fingerprint density at radius 3 is 2.92 bits per heavy atom. The van der Waals surface area contributed by atoms with Gasteiger partial charge in [-0.2, -0.15) is 5.10 Å². The van der Waals surface area contributed by atoms with E-state index in [9.17, 15) is 5.11 Å². The van der Waals surface area contributed by atoms with Crippen LogP contribution in [0.1, 0.15) is 5.69 Å². The van der Waals surface area contributed by atoms with Gasteiger partial charge in [-0.3, -0.25) is 4.68 Å². The first-order valence-electron chi connectivity index (χ1n) is 3.32. The third kappa shape index (κ3) is 1.83. The second-order valence-electron chi connectivity index (χ2n) is 2.38. The summed E-state index contributed by atoms with van der Waals surface area (Å²) in [6, 6.07) is 0. The molecule has 0 atom stereocenters. The zero-order valence-electron chi connectivity index (χ0n) is 6.36. The fraction of sp³-hybridized carbons (Fsp3) is 0.500. The Balaban J connectivity index is 0.000000605. The van der Waals surface area contributed by atoms with Gasteiger partial charge in [0.2, 0.25) is 0 Å². The molecule has 4 nitrogen and oxygen atoms in total. The smallest absolute Gasteiger partial charge is 0.158 e. The topological polar surface area (TPSA) is 50.1 Å². The summed E-state index contributed by atoms with van der Waals surface area (Å²) >= 11 is 0. The van der Waals surface area contributed by atoms with E-state index >= 15 is 0 Å². The van der Waals surface area contributed by atoms with E-state index in [1.165, 1.54) is 6.20 Å². The molecule has 2 rings (SSSR count). The molecule has 0 spiro atoms. The number of rotatable bonds is 0. The van der Waals surface area contributed by atoms with Crippen LogP contribution in [0.25, 0.3) is 0 Å². The Bertz CT molecular complexity index is 251. The fourth-order valence-corrected chi connectivity index (χ4v) is 1.17. The minimum atomic E-state index is 0. The van der Waals surface area contributed by atoms with E-state index in [2.05, 4.69) is 10.4 Å². The Morgan fingerprint density at radius 1 is 1.50 bits per heavy atom. The largest absolute Gasteiger partial charge is 0.504 e. The zero-order chi connectivity index (χ0) is 6.97. The van der Waals surface area contributed by atoms with E-state index in [0.717, 1.165) is 25.3 Å². The van der Waals surface area contributed by atoms with Gasteiger partial charge in [0.1, 0.15) is 0 Å². The van der Waals surface area contributed by atoms with Crippen molar-refractivity contribution in [3.63, 3.8) is 0 Å². The van der Waals surface area contributed by atoms with Crippen LogP contribution in [0.2, 0.25) is 0 Å². The Labute approximate surface area is 82.8 Å². The molecule has 0 amide bonds. The molecule has 1 aliphatic rings. The Kier molecular flexibility index (Phi) is 4.37. The molecule has 0 aliphatic carbocycles. The summed E-state index contributed by atoms with van der Waals surface area (Å²) in [6.45, 7) is 2.52. The van der Waals surface area contributed by atoms with Crippen LogP contribution in [-0.2, 0) is 13.1 Å². The van der Waals surface area contributed by atoms with Crippen molar-refractivity contribution in [1.82, 2.24) is 15.1 Å². The van der Waals surface area contributed by atoms with E-state index in [4.69, 9.17) is 0 Å². The summed E-state index contributed by atoms with van der Waals surface area (Å²) < 4.78 is 1.83. The van der Waals surface area contributed by atoms with Crippen LogP contribution in [0.3, 0.4) is 0 Å². The van der Waals surface area contributed by atoms with E-state index in [-0.39, 0.29) is 24.8 Å². The van der Waals surface area contributed by atoms with Gasteiger partial charge in [0.25, 0.3) is 0 Å². The highest BCUT2D eigenvalue weighted by Crippen LogP contribution is 2.16. The van der Waals surface area contributed by atoms with Gasteiger partial charge in [-0.15, -0.1) is 24.8 Å². The molecule has 6 heteroatoms. The summed E-state index contributed by atoms with van der Waals surface area (Å²) in [5.41, 5.74) is 0.895. The lowest BCUT2D eigenvalue weighted by Gasteiger charge is -2.14. The lowest BCUT2D eigenvalue weighted by Crippen LogP contribution is -2.28. The summed E-state index contributed by atoms with van der Waals surface area (Å²) in [5.74, 6) is 0.298. The van der Waals surface area contributed by atoms with Gasteiger partial charge in [0.05, 0.1) is 18.4 Å². The van der Waals surface area contributed by atoms with Crippen molar-refractivity contribution >= 4 is 24.8 Å². The quantitative estimate of drug-likeness (QED) is 0.659. The van der Waals surface area contributed by atoms with Crippen molar-refractivity contribution in [3.05, 3.63) is 11.9 Å². The summed E-state index contributed by atoms with van der Waals surface area (Å²) in [5, 5.41) is 16.3. The van der Waals surface area contributed by atoms with Crippen LogP contribution in [-0.4, -0.2) is 21.4 Å². The van der Waals surface area contributed by atoms with Crippen LogP contribution < -0.4 is 5.32 Å². The first-order chi connectivity index (χ1) is 4.88. The predicted octanol–water partition coefficient (Wildman–Crippen LogP) is 0.535. The van der Waals surface area contributed by atoms with E-state index < -0.39 is 0 Å². The van der Waals surface area contributed by atoms with Gasteiger partial charge in [0.15, 0.2) is 5.75 Å². The monoisotopic (exact) mass is 211 g/mol. The van der Waals surface area contributed by atoms with Crippen LogP contribution in [0, 0.1) is 0 Å². The maximum absolute atomic E-state index is 9.17. The Hall–Kier alpha value is -0.450. The van der Waals surface area contributed by atoms with Crippen molar-refractivity contribution in [2.24, 2.45) is 0 Å². The lowest BCUT2D eigenvalue weighted by molar-refractivity contribution is 0.432. The molecule has 0 unspecified atom stereocenters. The molecule has 70 valence electrons. The molecule has 0 fully saturated rings. The number of halogens is 2. The second kappa shape index (κ2) is 4.54. The van der Waals surface area contributed by atoms with E-state index in [1.54, 1.807) is 0 Å². The molecule has 1 aromatic heterocycles. The predicted molar refractivity (Wildman–Crippen MR) is 50.1 cm³/mol. The highest BCUT2D eigenvalue weighted by molar-refractivity contribution is 5.85. The average molecular weight is 212 g/mol. The van der Waals surface area contributed by atoms with Crippen molar-refractivity contribution in [2.45, 2.75) is 13.1 Å². The minimum Gasteiger partial charge on any atom is -0.504 e. The van der Waals surface area contributed by atoms with E-state index in [0.29, 0.717) is 5.75 Å². The number of nitrogens with one attached hydrogen (secondary N) is 1. The molecule has 0 bridgehead atoms. The first-order valence-corrected chi connectivity index (χ1v) is 3.32. The Morgan fingerprint density at radius 2 is 2.25 bits per heavy atom. The number of aromatic hydroxyl groups is 1. The van der Waals surface area contributed by atoms with Crippen LogP contribution in [0.15, 0.2) is 6.20 Å². The fourth-order valence-electron chi connectivity index (χ4n) is 1.17. The molecular formula is C6H11Cl2N3O. The number of nitrogens with zero attached hydrogens (tertiary/aromatic N) is 2. The van der Waals surface area contributed by atoms with Gasteiger partial charge in [0, 0.05) is 13.1 Å². The maximum atomic E-state index is 9.17. The molecule has 0 saturated heterocycles. The van der Waals surface area contributed by atoms with Crippen molar-refractivity contribution in [1.29, 1.82) is 0 Å². The highest BCUT2D eigenvalue weighted by atomic mass is 35.5. The SMILES string of the molecule is Cl.Cl.Oc1cnn2c1CNCC2. The molecule has 2 heterocycles. The summed E-state index contributed by atoms with van der Waals surface area (Å²) in [7, 11) is 0. The van der Waals surface area contributed by atoms with Gasteiger partial charge in [-0.25, -0.2) is 0 Å². The van der Waals surface area contributed by atoms with Gasteiger partial charge in [-0.1, -0.05) is 0 Å². The number of aromatic nitrogens is 2. The molecule has 1 aromatic rings. The maximum Gasteiger partial charge on any atom is 0.158 e. The van der Waals surface area contributed by atoms with Crippen molar-refractivity contribution in [3.8, 4) is 5.75 Å². The third-order valence-corrected chi connectivity index (χ3v) is 1.72. The third-order valence-electron chi connectivity index (χ3n) is 1.72. The van der Waals surface area contributed by atoms with Crippen LogP contribution in [0.5, 0.6) is 5.75 Å². The highest BCUT2D eigenvalue weighted by Gasteiger charge is 2.12. The van der Waals surface area contributed by atoms with Gasteiger partial charge < -0.3 is 10.4 Å². The van der Waals surface area contributed by atoms with E-state index in [1.807, 2.05) is 4.68 Å². The van der Waals surface area contributed by atoms with Crippen LogP contribution >= 0.6 is 24.8 Å². The zero-order valence-corrected chi connectivity index (χ0v) is 7.99. The van der Waals surface area contributed by atoms with Gasteiger partial charge >= 0.3 is 0 Å². The average Bonchev–Trinajstić information content (AvgIpc) is 2.34. The molecule has 12 heavy (non-hydrogen) atoms. The van der Waals surface area contributed by atoms with Crippen LogP contribution in [0.4, 0.5) is 0 Å². The lowest BCUT2D eigenvalue weighted by atomic mass is 10.3. The molecule has 0 aromatic carbocycles. The molecule has 1 aliphatic heterocycles. The number of fused-ring (bicyclic) bond motifs is 1. The number of hydrogen-bond acceptors (Lipinski definition) is 3. The molecule has 0 radical (unpaired) electrons. The standard InChI is InChI=1S/C6H9N3O.2ClH/c10-6-4-8-9-2-1-7-3-5(6)9;;/h4,7,10H,1-3H2;2*1H. The second-order valence-corrected chi connectivity index (χ2v) is 2.38. The molecule has 0 saturated carbocycles. The molecule has 2 N–H and O–H groups in total. The number of hydrogen-bond donors (Lipinski definition) is 2. The summed E-state index contributed by atoms with van der Waals surface area (Å²) in [6.07, 6.45) is 1.49. The normalized spacial score (nSPS) is 14.0. The summed E-state index contributed by atoms with van der Waals surface area (Å²) in [4.78, 5) is 0. The van der Waals surface area contributed by atoms with Crippen molar-refractivity contribution < 1.29 is 5.11 Å².